The molecule has 0 amide bonds. The van der Waals surface area contributed by atoms with Gasteiger partial charge in [-0.1, -0.05) is 38.0 Å². The van der Waals surface area contributed by atoms with Gasteiger partial charge in [-0.3, -0.25) is 0 Å². The fourth-order valence-electron chi connectivity index (χ4n) is 1.15. The summed E-state index contributed by atoms with van der Waals surface area (Å²) >= 11 is 0. The Balaban J connectivity index is 3.87. The molecule has 0 aliphatic heterocycles. The third kappa shape index (κ3) is 2.89. The van der Waals surface area contributed by atoms with Crippen molar-refractivity contribution in [3.63, 3.8) is 0 Å². The largest absolute Gasteiger partial charge is 0.0941 e. The first-order valence-corrected chi connectivity index (χ1v) is 6.10. The number of hydrogen-bond donors (Lipinski definition) is 0. The summed E-state index contributed by atoms with van der Waals surface area (Å²) in [6.07, 6.45) is 0. The maximum Gasteiger partial charge on any atom is 0.0465 e. The van der Waals surface area contributed by atoms with Crippen LogP contribution in [0.3, 0.4) is 0 Å². The van der Waals surface area contributed by atoms with Gasteiger partial charge in [-0.25, -0.2) is 0 Å². The molecule has 10 heavy (non-hydrogen) atoms. The summed E-state index contributed by atoms with van der Waals surface area (Å²) < 4.78 is 0. The highest BCUT2D eigenvalue weighted by Gasteiger charge is 2.12. The van der Waals surface area contributed by atoms with Crippen LogP contribution in [0.2, 0.25) is 12.1 Å². The smallest absolute Gasteiger partial charge is 0.0465 e. The molecule has 0 aliphatic rings. The van der Waals surface area contributed by atoms with E-state index in [1.54, 1.807) is 0 Å². The Morgan fingerprint density at radius 1 is 1.50 bits per heavy atom. The first-order chi connectivity index (χ1) is 4.76. The Morgan fingerprint density at radius 2 is 2.00 bits per heavy atom. The summed E-state index contributed by atoms with van der Waals surface area (Å²) in [7, 11) is -0.724. The molecule has 0 bridgehead atoms. The molecule has 0 heterocycles. The summed E-state index contributed by atoms with van der Waals surface area (Å²) in [5, 5.41) is 3.71. The second-order valence-electron chi connectivity index (χ2n) is 2.52. The van der Waals surface area contributed by atoms with E-state index in [2.05, 4.69) is 23.9 Å². The number of azide groups is 1. The first kappa shape index (κ1) is 9.53. The average Bonchev–Trinajstić information content (AvgIpc) is 1.91. The van der Waals surface area contributed by atoms with Gasteiger partial charge < -0.3 is 0 Å². The Bertz CT molecular complexity index is 127. The van der Waals surface area contributed by atoms with Crippen molar-refractivity contribution in [3.8, 4) is 0 Å². The van der Waals surface area contributed by atoms with E-state index in [9.17, 15) is 0 Å². The standard InChI is InChI=1S/C6H15N3Si/c1-4-10(5-2)6(3)8-9-7/h6,10H,4-5H2,1-3H3. The van der Waals surface area contributed by atoms with E-state index in [-0.39, 0.29) is 0 Å². The van der Waals surface area contributed by atoms with Gasteiger partial charge in [0.1, 0.15) is 0 Å². The predicted molar refractivity (Wildman–Crippen MR) is 46.7 cm³/mol. The Kier molecular flexibility index (Phi) is 5.07. The first-order valence-electron chi connectivity index (χ1n) is 3.80. The zero-order valence-corrected chi connectivity index (χ0v) is 8.07. The third-order valence-electron chi connectivity index (χ3n) is 1.96. The zero-order chi connectivity index (χ0) is 7.98. The highest BCUT2D eigenvalue weighted by Crippen LogP contribution is 2.06. The van der Waals surface area contributed by atoms with E-state index < -0.39 is 8.80 Å². The zero-order valence-electron chi connectivity index (χ0n) is 6.91. The summed E-state index contributed by atoms with van der Waals surface area (Å²) in [4.78, 5) is 2.81. The van der Waals surface area contributed by atoms with Gasteiger partial charge in [-0.2, -0.15) is 0 Å². The minimum Gasteiger partial charge on any atom is -0.0941 e. The molecule has 1 unspecified atom stereocenters. The number of rotatable bonds is 4. The van der Waals surface area contributed by atoms with Crippen molar-refractivity contribution < 1.29 is 0 Å². The van der Waals surface area contributed by atoms with Crippen LogP contribution in [0.5, 0.6) is 0 Å². The molecular weight excluding hydrogens is 142 g/mol. The molecule has 4 heteroatoms. The van der Waals surface area contributed by atoms with E-state index >= 15 is 0 Å². The molecule has 0 spiro atoms. The monoisotopic (exact) mass is 157 g/mol. The second kappa shape index (κ2) is 5.32. The van der Waals surface area contributed by atoms with Crippen LogP contribution in [0.4, 0.5) is 0 Å². The average molecular weight is 157 g/mol. The second-order valence-corrected chi connectivity index (χ2v) is 6.64. The summed E-state index contributed by atoms with van der Waals surface area (Å²) in [6, 6.07) is 2.47. The topological polar surface area (TPSA) is 48.8 Å². The van der Waals surface area contributed by atoms with Crippen LogP contribution in [-0.2, 0) is 0 Å². The summed E-state index contributed by atoms with van der Waals surface area (Å²) in [5.41, 5.74) is 8.45. The fourth-order valence-corrected chi connectivity index (χ4v) is 3.34. The lowest BCUT2D eigenvalue weighted by atomic mass is 10.8. The minimum atomic E-state index is -0.724. The Labute approximate surface area is 63.7 Å². The van der Waals surface area contributed by atoms with Crippen LogP contribution < -0.4 is 0 Å². The molecule has 0 saturated carbocycles. The van der Waals surface area contributed by atoms with E-state index in [0.717, 1.165) is 0 Å². The SMILES string of the molecule is CC[SiH](CC)C(C)N=[N+]=[N-]. The molecule has 0 aromatic carbocycles. The molecule has 0 aromatic heterocycles. The molecular formula is C6H15N3Si. The molecule has 0 saturated heterocycles. The van der Waals surface area contributed by atoms with Crippen molar-refractivity contribution in [3.05, 3.63) is 10.4 Å². The van der Waals surface area contributed by atoms with Crippen LogP contribution in [0, 0.1) is 0 Å². The highest BCUT2D eigenvalue weighted by atomic mass is 28.3. The van der Waals surface area contributed by atoms with E-state index in [1.165, 1.54) is 12.1 Å². The molecule has 0 radical (unpaired) electrons. The van der Waals surface area contributed by atoms with Gasteiger partial charge in [0.2, 0.25) is 0 Å². The molecule has 0 N–H and O–H groups in total. The van der Waals surface area contributed by atoms with Gasteiger partial charge in [0.25, 0.3) is 0 Å². The lowest BCUT2D eigenvalue weighted by Gasteiger charge is -2.13. The predicted octanol–water partition coefficient (Wildman–Crippen LogP) is 2.49. The minimum absolute atomic E-state index is 0.292. The maximum absolute atomic E-state index is 8.16. The lowest BCUT2D eigenvalue weighted by Crippen LogP contribution is -2.23. The summed E-state index contributed by atoms with van der Waals surface area (Å²) in [6.45, 7) is 6.40. The molecule has 0 rings (SSSR count). The molecule has 58 valence electrons. The van der Waals surface area contributed by atoms with Gasteiger partial charge in [0.15, 0.2) is 0 Å². The van der Waals surface area contributed by atoms with Crippen LogP contribution in [0.25, 0.3) is 10.4 Å². The van der Waals surface area contributed by atoms with Crippen molar-refractivity contribution >= 4 is 8.80 Å². The van der Waals surface area contributed by atoms with Crippen LogP contribution >= 0.6 is 0 Å². The third-order valence-corrected chi connectivity index (χ3v) is 5.56. The Morgan fingerprint density at radius 3 is 2.30 bits per heavy atom. The summed E-state index contributed by atoms with van der Waals surface area (Å²) in [5.74, 6) is 0. The van der Waals surface area contributed by atoms with Crippen LogP contribution in [0.15, 0.2) is 5.11 Å². The lowest BCUT2D eigenvalue weighted by molar-refractivity contribution is 0.952. The van der Waals surface area contributed by atoms with Gasteiger partial charge in [0.05, 0.1) is 0 Å². The van der Waals surface area contributed by atoms with Gasteiger partial charge in [-0.05, 0) is 5.53 Å². The van der Waals surface area contributed by atoms with Gasteiger partial charge >= 0.3 is 0 Å². The number of nitrogens with zero attached hydrogens (tertiary/aromatic N) is 3. The Hall–Kier alpha value is -0.473. The van der Waals surface area contributed by atoms with E-state index in [4.69, 9.17) is 5.53 Å². The normalized spacial score (nSPS) is 12.8. The van der Waals surface area contributed by atoms with Crippen molar-refractivity contribution in [2.24, 2.45) is 5.11 Å². The number of hydrogen-bond acceptors (Lipinski definition) is 1. The molecule has 3 nitrogen and oxygen atoms in total. The van der Waals surface area contributed by atoms with Gasteiger partial charge in [-0.15, -0.1) is 0 Å². The van der Waals surface area contributed by atoms with Crippen molar-refractivity contribution in [1.29, 1.82) is 0 Å². The van der Waals surface area contributed by atoms with Gasteiger partial charge in [0, 0.05) is 19.4 Å². The van der Waals surface area contributed by atoms with Crippen molar-refractivity contribution in [1.82, 2.24) is 0 Å². The molecule has 0 fully saturated rings. The molecule has 0 aromatic rings. The molecule has 0 aliphatic carbocycles. The van der Waals surface area contributed by atoms with Crippen molar-refractivity contribution in [2.75, 3.05) is 0 Å². The fraction of sp³-hybridized carbons (Fsp3) is 1.00. The van der Waals surface area contributed by atoms with Crippen LogP contribution in [-0.4, -0.2) is 14.5 Å². The molecule has 1 atom stereocenters. The highest BCUT2D eigenvalue weighted by molar-refractivity contribution is 6.60. The van der Waals surface area contributed by atoms with E-state index in [0.29, 0.717) is 5.67 Å². The quantitative estimate of drug-likeness (QED) is 0.260. The van der Waals surface area contributed by atoms with E-state index in [1.807, 2.05) is 6.92 Å². The maximum atomic E-state index is 8.16. The van der Waals surface area contributed by atoms with Crippen molar-refractivity contribution in [2.45, 2.75) is 38.5 Å². The van der Waals surface area contributed by atoms with Crippen LogP contribution in [0.1, 0.15) is 20.8 Å².